The van der Waals surface area contributed by atoms with Gasteiger partial charge in [-0.05, 0) is 17.7 Å². The minimum absolute atomic E-state index is 0.105. The first-order chi connectivity index (χ1) is 10.6. The summed E-state index contributed by atoms with van der Waals surface area (Å²) in [4.78, 5) is 36.1. The minimum Gasteiger partial charge on any atom is -0.304 e. The highest BCUT2D eigenvalue weighted by Gasteiger charge is 2.36. The number of nitrogens with one attached hydrogen (secondary N) is 1. The first-order valence-electron chi connectivity index (χ1n) is 7.04. The fraction of sp³-hybridized carbons (Fsp3) is 0.250. The number of carbonyl (C=O) groups is 1. The zero-order valence-corrected chi connectivity index (χ0v) is 13.1. The van der Waals surface area contributed by atoms with Gasteiger partial charge in [0.05, 0.1) is 12.2 Å². The van der Waals surface area contributed by atoms with E-state index < -0.39 is 7.72 Å². The number of carbonyl (C=O) groups excluding carboxylic acids is 1. The number of nitrogens with zero attached hydrogens (tertiary/aromatic N) is 1. The molecule has 0 aliphatic heterocycles. The van der Waals surface area contributed by atoms with E-state index in [1.807, 2.05) is 48.5 Å². The van der Waals surface area contributed by atoms with Gasteiger partial charge in [0.25, 0.3) is 7.72 Å². The highest BCUT2D eigenvalue weighted by atomic mass is 31.2. The molecular weight excluding hydrogens is 299 g/mol. The molecule has 1 heterocycles. The maximum atomic E-state index is 11.9. The zero-order chi connectivity index (χ0) is 15.8. The summed E-state index contributed by atoms with van der Waals surface area (Å²) in [6.45, 7) is 0.585. The Balaban J connectivity index is 1.76. The second kappa shape index (κ2) is 8.11. The lowest BCUT2D eigenvalue weighted by Gasteiger charge is -2.12. The summed E-state index contributed by atoms with van der Waals surface area (Å²) >= 11 is 0. The maximum Gasteiger partial charge on any atom is 0.279 e. The molecule has 0 unspecified atom stereocenters. The molecule has 0 bridgehead atoms. The molecular formula is C16H20N2O3P+. The molecule has 0 atom stereocenters. The molecule has 3 N–H and O–H groups in total. The first-order valence-corrected chi connectivity index (χ1v) is 9.10. The molecule has 0 fully saturated rings. The van der Waals surface area contributed by atoms with Gasteiger partial charge in [-0.1, -0.05) is 36.4 Å². The van der Waals surface area contributed by atoms with Gasteiger partial charge in [0.1, 0.15) is 6.16 Å². The normalized spacial score (nSPS) is 11.4. The van der Waals surface area contributed by atoms with E-state index in [4.69, 9.17) is 0 Å². The average Bonchev–Trinajstić information content (AvgIpc) is 2.48. The van der Waals surface area contributed by atoms with Gasteiger partial charge in [0.15, 0.2) is 11.9 Å². The second-order valence-electron chi connectivity index (χ2n) is 5.14. The molecule has 0 spiro atoms. The molecule has 6 heteroatoms. The highest BCUT2D eigenvalue weighted by molar-refractivity contribution is 7.64. The van der Waals surface area contributed by atoms with Crippen molar-refractivity contribution in [3.8, 4) is 0 Å². The number of pyridine rings is 1. The predicted molar refractivity (Wildman–Crippen MR) is 87.3 cm³/mol. The third-order valence-electron chi connectivity index (χ3n) is 3.06. The maximum absolute atomic E-state index is 11.9. The van der Waals surface area contributed by atoms with Crippen LogP contribution in [-0.2, 0) is 17.5 Å². The van der Waals surface area contributed by atoms with Crippen LogP contribution in [0.4, 0.5) is 0 Å². The Morgan fingerprint density at radius 2 is 1.82 bits per heavy atom. The van der Waals surface area contributed by atoms with Crippen LogP contribution in [0.5, 0.6) is 0 Å². The van der Waals surface area contributed by atoms with Gasteiger partial charge in [-0.25, -0.2) is 9.79 Å². The topological polar surface area (TPSA) is 82.5 Å². The van der Waals surface area contributed by atoms with Crippen molar-refractivity contribution in [2.75, 3.05) is 12.7 Å². The van der Waals surface area contributed by atoms with Crippen LogP contribution in [0, 0.1) is 0 Å². The standard InChI is InChI=1S/C16H20N2O3P/c19-16(11-17-10-15-8-4-5-9-18-15)13-22(20,21)12-14-6-2-1-3-7-14/h1-9,17,20-21H,10-13H2/q+1. The lowest BCUT2D eigenvalue weighted by Crippen LogP contribution is -2.26. The van der Waals surface area contributed by atoms with Gasteiger partial charge < -0.3 is 5.32 Å². The molecule has 2 aromatic rings. The van der Waals surface area contributed by atoms with Crippen molar-refractivity contribution >= 4 is 13.5 Å². The van der Waals surface area contributed by atoms with E-state index in [-0.39, 0.29) is 24.7 Å². The number of ketones is 1. The fourth-order valence-corrected chi connectivity index (χ4v) is 3.69. The third-order valence-corrected chi connectivity index (χ3v) is 4.79. The van der Waals surface area contributed by atoms with Crippen molar-refractivity contribution in [1.82, 2.24) is 10.3 Å². The molecule has 5 nitrogen and oxygen atoms in total. The largest absolute Gasteiger partial charge is 0.304 e. The van der Waals surface area contributed by atoms with Crippen LogP contribution in [0.1, 0.15) is 11.3 Å². The summed E-state index contributed by atoms with van der Waals surface area (Å²) in [7, 11) is -3.24. The summed E-state index contributed by atoms with van der Waals surface area (Å²) in [5, 5.41) is 2.97. The monoisotopic (exact) mass is 319 g/mol. The summed E-state index contributed by atoms with van der Waals surface area (Å²) in [6.07, 6.45) is 1.63. The number of aromatic nitrogens is 1. The molecule has 0 aliphatic rings. The van der Waals surface area contributed by atoms with Gasteiger partial charge in [-0.3, -0.25) is 9.78 Å². The van der Waals surface area contributed by atoms with E-state index in [1.54, 1.807) is 6.20 Å². The SMILES string of the molecule is O=C(CNCc1ccccn1)C[P+](O)(O)Cc1ccccc1. The van der Waals surface area contributed by atoms with Gasteiger partial charge in [-0.2, -0.15) is 0 Å². The van der Waals surface area contributed by atoms with Crippen molar-refractivity contribution in [2.24, 2.45) is 0 Å². The summed E-state index contributed by atoms with van der Waals surface area (Å²) in [5.41, 5.74) is 1.67. The quantitative estimate of drug-likeness (QED) is 0.646. The van der Waals surface area contributed by atoms with Crippen molar-refractivity contribution in [2.45, 2.75) is 12.7 Å². The molecule has 1 aromatic heterocycles. The lowest BCUT2D eigenvalue weighted by molar-refractivity contribution is -0.116. The molecule has 1 aromatic carbocycles. The number of hydrogen-bond acceptors (Lipinski definition) is 5. The Kier molecular flexibility index (Phi) is 6.16. The van der Waals surface area contributed by atoms with Gasteiger partial charge in [0, 0.05) is 12.7 Å². The molecule has 0 saturated heterocycles. The average molecular weight is 319 g/mol. The van der Waals surface area contributed by atoms with E-state index in [1.165, 1.54) is 0 Å². The summed E-state index contributed by atoms with van der Waals surface area (Å²) in [5.74, 6) is -0.204. The molecule has 0 radical (unpaired) electrons. The first kappa shape index (κ1) is 16.7. The molecule has 0 saturated carbocycles. The Morgan fingerprint density at radius 3 is 2.50 bits per heavy atom. The Labute approximate surface area is 130 Å². The van der Waals surface area contributed by atoms with Crippen LogP contribution < -0.4 is 5.32 Å². The summed E-state index contributed by atoms with van der Waals surface area (Å²) in [6, 6.07) is 14.8. The molecule has 2 rings (SSSR count). The van der Waals surface area contributed by atoms with Crippen molar-refractivity contribution in [1.29, 1.82) is 0 Å². The third kappa shape index (κ3) is 6.00. The van der Waals surface area contributed by atoms with Gasteiger partial charge in [0.2, 0.25) is 0 Å². The molecule has 22 heavy (non-hydrogen) atoms. The van der Waals surface area contributed by atoms with Crippen LogP contribution >= 0.6 is 7.72 Å². The number of benzene rings is 1. The Morgan fingerprint density at radius 1 is 1.09 bits per heavy atom. The van der Waals surface area contributed by atoms with Crippen molar-refractivity contribution < 1.29 is 14.6 Å². The molecule has 0 aliphatic carbocycles. The Hall–Kier alpha value is -1.65. The van der Waals surface area contributed by atoms with E-state index >= 15 is 0 Å². The number of rotatable bonds is 8. The molecule has 0 amide bonds. The molecule has 116 valence electrons. The van der Waals surface area contributed by atoms with Crippen LogP contribution in [0.25, 0.3) is 0 Å². The lowest BCUT2D eigenvalue weighted by atomic mass is 10.2. The van der Waals surface area contributed by atoms with E-state index in [0.717, 1.165) is 11.3 Å². The minimum atomic E-state index is -3.24. The van der Waals surface area contributed by atoms with Crippen LogP contribution in [0.2, 0.25) is 0 Å². The highest BCUT2D eigenvalue weighted by Crippen LogP contribution is 2.52. The smallest absolute Gasteiger partial charge is 0.279 e. The summed E-state index contributed by atoms with van der Waals surface area (Å²) < 4.78 is 0. The zero-order valence-electron chi connectivity index (χ0n) is 12.2. The van der Waals surface area contributed by atoms with Crippen LogP contribution in [0.15, 0.2) is 54.7 Å². The van der Waals surface area contributed by atoms with E-state index in [0.29, 0.717) is 6.54 Å². The van der Waals surface area contributed by atoms with Crippen molar-refractivity contribution in [3.63, 3.8) is 0 Å². The van der Waals surface area contributed by atoms with E-state index in [2.05, 4.69) is 10.3 Å². The fourth-order valence-electron chi connectivity index (χ4n) is 2.10. The second-order valence-corrected chi connectivity index (χ2v) is 7.53. The predicted octanol–water partition coefficient (Wildman–Crippen LogP) is 1.77. The van der Waals surface area contributed by atoms with Crippen molar-refractivity contribution in [3.05, 3.63) is 66.0 Å². The Bertz CT molecular complexity index is 591. The van der Waals surface area contributed by atoms with Crippen LogP contribution in [0.3, 0.4) is 0 Å². The number of hydrogen-bond donors (Lipinski definition) is 3. The van der Waals surface area contributed by atoms with Gasteiger partial charge >= 0.3 is 0 Å². The van der Waals surface area contributed by atoms with Crippen LogP contribution in [-0.4, -0.2) is 33.3 Å². The number of Topliss-reactive ketones (excluding diaryl/α,β-unsaturated/α-hetero) is 1. The van der Waals surface area contributed by atoms with E-state index in [9.17, 15) is 14.6 Å². The van der Waals surface area contributed by atoms with Gasteiger partial charge in [-0.15, -0.1) is 0 Å².